The highest BCUT2D eigenvalue weighted by atomic mass is 32.2. The summed E-state index contributed by atoms with van der Waals surface area (Å²) in [6.45, 7) is 23.2. The summed E-state index contributed by atoms with van der Waals surface area (Å²) in [5.74, 6) is 0.188. The first-order valence-corrected chi connectivity index (χ1v) is 20.2. The normalized spacial score (nSPS) is 21.1. The van der Waals surface area contributed by atoms with E-state index in [1.165, 1.54) is 11.8 Å². The van der Waals surface area contributed by atoms with Crippen molar-refractivity contribution in [1.82, 2.24) is 24.5 Å². The Bertz CT molecular complexity index is 1290. The fourth-order valence-electron chi connectivity index (χ4n) is 3.90. The summed E-state index contributed by atoms with van der Waals surface area (Å²) < 4.78 is 22.2. The monoisotopic (exact) mass is 588 g/mol. The lowest BCUT2D eigenvalue weighted by atomic mass is 10.2. The van der Waals surface area contributed by atoms with Crippen molar-refractivity contribution in [2.45, 2.75) is 113 Å². The van der Waals surface area contributed by atoms with E-state index in [1.807, 2.05) is 22.8 Å². The lowest BCUT2D eigenvalue weighted by Gasteiger charge is -2.40. The lowest BCUT2D eigenvalue weighted by molar-refractivity contribution is -0.0383. The van der Waals surface area contributed by atoms with Crippen LogP contribution in [0.5, 0.6) is 0 Å². The summed E-state index contributed by atoms with van der Waals surface area (Å²) in [4.78, 5) is 18.1. The van der Waals surface area contributed by atoms with Crippen LogP contribution in [0.15, 0.2) is 40.8 Å². The average Bonchev–Trinajstić information content (AvgIpc) is 3.40. The van der Waals surface area contributed by atoms with E-state index in [1.54, 1.807) is 12.5 Å². The molecule has 39 heavy (non-hydrogen) atoms. The van der Waals surface area contributed by atoms with Crippen molar-refractivity contribution in [1.29, 1.82) is 0 Å². The lowest BCUT2D eigenvalue weighted by Crippen LogP contribution is -2.48. The quantitative estimate of drug-likeness (QED) is 0.228. The second kappa shape index (κ2) is 10.9. The zero-order chi connectivity index (χ0) is 28.8. The molecule has 1 aliphatic heterocycles. The molecule has 4 heterocycles. The fourth-order valence-corrected chi connectivity index (χ4v) is 7.11. The van der Waals surface area contributed by atoms with Gasteiger partial charge in [0, 0.05) is 12.6 Å². The second-order valence-electron chi connectivity index (χ2n) is 13.3. The molecule has 0 aromatic carbocycles. The molecule has 0 bridgehead atoms. The second-order valence-corrected chi connectivity index (χ2v) is 23.9. The molecular formula is C27H44N6O3SSi2. The summed E-state index contributed by atoms with van der Waals surface area (Å²) in [7, 11) is -4.03. The van der Waals surface area contributed by atoms with Gasteiger partial charge in [0.15, 0.2) is 22.3 Å². The number of hydrogen-bond donors (Lipinski definition) is 1. The molecule has 9 nitrogen and oxygen atoms in total. The topological polar surface area (TPSA) is 110 Å². The first kappa shape index (κ1) is 30.1. The minimum Gasteiger partial charge on any atom is -0.414 e. The molecule has 0 unspecified atom stereocenters. The zero-order valence-corrected chi connectivity index (χ0v) is 27.8. The van der Waals surface area contributed by atoms with E-state index >= 15 is 0 Å². The molecule has 3 aromatic heterocycles. The smallest absolute Gasteiger partial charge is 0.223 e. The van der Waals surface area contributed by atoms with Gasteiger partial charge in [0.25, 0.3) is 0 Å². The number of nitrogens with two attached hydrogens (primary N) is 1. The van der Waals surface area contributed by atoms with Crippen LogP contribution >= 0.6 is 11.8 Å². The predicted octanol–water partition coefficient (Wildman–Crippen LogP) is 6.65. The van der Waals surface area contributed by atoms with Gasteiger partial charge in [0.2, 0.25) is 5.95 Å². The van der Waals surface area contributed by atoms with Gasteiger partial charge >= 0.3 is 0 Å². The molecule has 3 atom stereocenters. The maximum atomic E-state index is 6.94. The van der Waals surface area contributed by atoms with Crippen LogP contribution in [-0.2, 0) is 13.6 Å². The maximum Gasteiger partial charge on any atom is 0.223 e. The summed E-state index contributed by atoms with van der Waals surface area (Å²) in [6, 6.07) is 5.76. The van der Waals surface area contributed by atoms with Gasteiger partial charge in [0.1, 0.15) is 27.9 Å². The Balaban J connectivity index is 1.64. The molecule has 0 saturated carbocycles. The number of ether oxygens (including phenoxy) is 1. The summed E-state index contributed by atoms with van der Waals surface area (Å²) in [5.41, 5.74) is 7.47. The first-order chi connectivity index (χ1) is 18.0. The van der Waals surface area contributed by atoms with Crippen LogP contribution in [0.25, 0.3) is 11.2 Å². The van der Waals surface area contributed by atoms with E-state index in [0.717, 1.165) is 5.03 Å². The van der Waals surface area contributed by atoms with Crippen LogP contribution in [0.4, 0.5) is 5.95 Å². The third-order valence-corrected chi connectivity index (χ3v) is 18.3. The van der Waals surface area contributed by atoms with Crippen molar-refractivity contribution >= 4 is 45.5 Å². The van der Waals surface area contributed by atoms with Crippen LogP contribution in [0.3, 0.4) is 0 Å². The van der Waals surface area contributed by atoms with Crippen LogP contribution < -0.4 is 5.73 Å². The number of nitrogen functional groups attached to an aromatic ring is 1. The van der Waals surface area contributed by atoms with Gasteiger partial charge in [-0.05, 0) is 60.2 Å². The number of pyridine rings is 1. The highest BCUT2D eigenvalue weighted by Crippen LogP contribution is 2.43. The summed E-state index contributed by atoms with van der Waals surface area (Å²) >= 11 is 1.42. The molecule has 0 amide bonds. The minimum atomic E-state index is -2.06. The van der Waals surface area contributed by atoms with E-state index in [-0.39, 0.29) is 34.5 Å². The van der Waals surface area contributed by atoms with Crippen LogP contribution in [0.2, 0.25) is 36.3 Å². The molecule has 1 aliphatic rings. The molecule has 2 N–H and O–H groups in total. The van der Waals surface area contributed by atoms with E-state index in [0.29, 0.717) is 29.2 Å². The molecular weight excluding hydrogens is 545 g/mol. The van der Waals surface area contributed by atoms with Gasteiger partial charge in [-0.1, -0.05) is 47.6 Å². The Labute approximate surface area is 238 Å². The van der Waals surface area contributed by atoms with Crippen molar-refractivity contribution in [3.63, 3.8) is 0 Å². The SMILES string of the molecule is CC(C)(C)[Si](C)(C)OC[C@H]1O[C@@H](n2cnc3c(Sc4ccccn4)nc(N)nc32)C[C@@H]1O[Si](C)(C)C(C)(C)C. The van der Waals surface area contributed by atoms with Crippen molar-refractivity contribution in [2.24, 2.45) is 0 Å². The third kappa shape index (κ3) is 6.57. The average molecular weight is 589 g/mol. The van der Waals surface area contributed by atoms with Crippen molar-refractivity contribution in [2.75, 3.05) is 12.3 Å². The van der Waals surface area contributed by atoms with Gasteiger partial charge in [0.05, 0.1) is 19.0 Å². The Hall–Kier alpha value is -1.84. The largest absolute Gasteiger partial charge is 0.414 e. The van der Waals surface area contributed by atoms with Crippen molar-refractivity contribution in [3.8, 4) is 0 Å². The number of nitrogens with zero attached hydrogens (tertiary/aromatic N) is 5. The fraction of sp³-hybridized carbons (Fsp3) is 0.630. The van der Waals surface area contributed by atoms with Gasteiger partial charge in [-0.3, -0.25) is 4.57 Å². The van der Waals surface area contributed by atoms with E-state index in [2.05, 4.69) is 87.7 Å². The van der Waals surface area contributed by atoms with E-state index in [4.69, 9.17) is 19.3 Å². The molecule has 0 spiro atoms. The van der Waals surface area contributed by atoms with Crippen LogP contribution in [0.1, 0.15) is 54.2 Å². The molecule has 4 rings (SSSR count). The Morgan fingerprint density at radius 3 is 2.33 bits per heavy atom. The maximum absolute atomic E-state index is 6.94. The number of fused-ring (bicyclic) bond motifs is 1. The highest BCUT2D eigenvalue weighted by Gasteiger charge is 2.47. The predicted molar refractivity (Wildman–Crippen MR) is 162 cm³/mol. The van der Waals surface area contributed by atoms with E-state index in [9.17, 15) is 0 Å². The minimum absolute atomic E-state index is 0.0803. The van der Waals surface area contributed by atoms with Gasteiger partial charge in [-0.15, -0.1) is 0 Å². The molecule has 0 aliphatic carbocycles. The third-order valence-electron chi connectivity index (χ3n) is 8.40. The molecule has 0 radical (unpaired) electrons. The zero-order valence-electron chi connectivity index (χ0n) is 25.0. The molecule has 214 valence electrons. The molecule has 1 saturated heterocycles. The number of aromatic nitrogens is 5. The standard InChI is InChI=1S/C27H44N6O3SSi2/c1-26(2,3)38(7,8)34-16-19-18(36-39(9,10)27(4,5)6)15-21(35-19)33-17-30-22-23(33)31-25(28)32-24(22)37-20-13-11-12-14-29-20/h11-14,17-19,21H,15-16H2,1-10H3,(H2,28,31,32)/t18-,19+,21+/m0/s1. The summed E-state index contributed by atoms with van der Waals surface area (Å²) in [6.07, 6.45) is 3.60. The van der Waals surface area contributed by atoms with Gasteiger partial charge in [-0.2, -0.15) is 4.98 Å². The van der Waals surface area contributed by atoms with Gasteiger partial charge < -0.3 is 19.3 Å². The van der Waals surface area contributed by atoms with E-state index < -0.39 is 16.6 Å². The number of anilines is 1. The van der Waals surface area contributed by atoms with Crippen molar-refractivity contribution < 1.29 is 13.6 Å². The Morgan fingerprint density at radius 2 is 1.72 bits per heavy atom. The number of imidazole rings is 1. The molecule has 12 heteroatoms. The summed E-state index contributed by atoms with van der Waals surface area (Å²) in [5, 5.41) is 1.67. The molecule has 1 fully saturated rings. The number of hydrogen-bond acceptors (Lipinski definition) is 9. The van der Waals surface area contributed by atoms with Crippen LogP contribution in [0, 0.1) is 0 Å². The Morgan fingerprint density at radius 1 is 1.03 bits per heavy atom. The van der Waals surface area contributed by atoms with Gasteiger partial charge in [-0.25, -0.2) is 15.0 Å². The van der Waals surface area contributed by atoms with Crippen LogP contribution in [-0.4, -0.2) is 60.0 Å². The number of rotatable bonds is 8. The Kier molecular flexibility index (Phi) is 8.39. The highest BCUT2D eigenvalue weighted by molar-refractivity contribution is 7.99. The first-order valence-electron chi connectivity index (χ1n) is 13.5. The molecule has 3 aromatic rings. The van der Waals surface area contributed by atoms with Crippen molar-refractivity contribution in [3.05, 3.63) is 30.7 Å².